The third-order valence-corrected chi connectivity index (χ3v) is 3.32. The highest BCUT2D eigenvalue weighted by atomic mass is 16.5. The molecule has 2 heteroatoms. The number of rotatable bonds is 13. The van der Waals surface area contributed by atoms with Crippen molar-refractivity contribution in [1.82, 2.24) is 0 Å². The Balaban J connectivity index is 3.54. The van der Waals surface area contributed by atoms with Crippen LogP contribution in [0.25, 0.3) is 0 Å². The van der Waals surface area contributed by atoms with Crippen LogP contribution in [0.15, 0.2) is 60.8 Å². The number of carbonyl (C=O) groups is 1. The lowest BCUT2D eigenvalue weighted by molar-refractivity contribution is -0.134. The lowest BCUT2D eigenvalue weighted by Gasteiger charge is -1.98. The number of unbranched alkanes of at least 4 members (excludes halogenated alkanes) is 7. The largest absolute Gasteiger partial charge is 0.466 e. The minimum Gasteiger partial charge on any atom is -0.466 e. The Bertz CT molecular complexity index is 412. The molecule has 0 N–H and O–H groups in total. The maximum absolute atomic E-state index is 10.8. The minimum absolute atomic E-state index is 0.343. The summed E-state index contributed by atoms with van der Waals surface area (Å²) in [5.74, 6) is -0.343. The third kappa shape index (κ3) is 18.1. The molecule has 23 heavy (non-hydrogen) atoms. The van der Waals surface area contributed by atoms with E-state index in [1.165, 1.54) is 64.6 Å². The molecule has 2 nitrogen and oxygen atoms in total. The van der Waals surface area contributed by atoms with Crippen LogP contribution in [0.5, 0.6) is 0 Å². The number of hydrogen-bond donors (Lipinski definition) is 0. The summed E-state index contributed by atoms with van der Waals surface area (Å²) in [6.45, 7) is 2.26. The molecule has 128 valence electrons. The van der Waals surface area contributed by atoms with Gasteiger partial charge < -0.3 is 4.74 Å². The SMILES string of the molecule is CCCCCCCCC/C=C/C=C/C=C/C=C/C=C/C(=O)OC. The van der Waals surface area contributed by atoms with Crippen molar-refractivity contribution < 1.29 is 9.53 Å². The number of ether oxygens (including phenoxy) is 1. The number of esters is 1. The second-order valence-electron chi connectivity index (χ2n) is 5.38. The van der Waals surface area contributed by atoms with Gasteiger partial charge in [0.2, 0.25) is 0 Å². The van der Waals surface area contributed by atoms with Crippen LogP contribution in [0.4, 0.5) is 0 Å². The summed E-state index contributed by atoms with van der Waals surface area (Å²) in [6, 6.07) is 0. The number of allylic oxidation sites excluding steroid dienone is 9. The van der Waals surface area contributed by atoms with Crippen LogP contribution in [-0.4, -0.2) is 13.1 Å². The second kappa shape index (κ2) is 18.2. The van der Waals surface area contributed by atoms with Crippen molar-refractivity contribution in [3.8, 4) is 0 Å². The first-order chi connectivity index (χ1) is 11.3. The Kier molecular flexibility index (Phi) is 16.8. The average Bonchev–Trinajstić information content (AvgIpc) is 2.57. The standard InChI is InChI=1S/C21H32O2/c1-3-4-5-6-7-8-9-10-11-12-13-14-15-16-17-18-19-20-21(22)23-2/h11-20H,3-10H2,1-2H3/b12-11+,14-13+,16-15+,18-17+,20-19+. The smallest absolute Gasteiger partial charge is 0.330 e. The van der Waals surface area contributed by atoms with E-state index in [9.17, 15) is 4.79 Å². The molecular formula is C21H32O2. The minimum atomic E-state index is -0.343. The van der Waals surface area contributed by atoms with Gasteiger partial charge in [-0.3, -0.25) is 0 Å². The molecule has 0 rings (SSSR count). The zero-order valence-electron chi connectivity index (χ0n) is 14.7. The van der Waals surface area contributed by atoms with Crippen molar-refractivity contribution in [2.75, 3.05) is 7.11 Å². The fourth-order valence-corrected chi connectivity index (χ4v) is 1.98. The molecule has 0 spiro atoms. The fourth-order valence-electron chi connectivity index (χ4n) is 1.98. The molecule has 0 aromatic rings. The van der Waals surface area contributed by atoms with E-state index in [0.29, 0.717) is 0 Å². The van der Waals surface area contributed by atoms with Gasteiger partial charge in [-0.05, 0) is 12.8 Å². The topological polar surface area (TPSA) is 26.3 Å². The summed E-state index contributed by atoms with van der Waals surface area (Å²) in [5.41, 5.74) is 0. The van der Waals surface area contributed by atoms with Gasteiger partial charge in [-0.15, -0.1) is 0 Å². The molecule has 0 aliphatic heterocycles. The van der Waals surface area contributed by atoms with Crippen LogP contribution in [0, 0.1) is 0 Å². The van der Waals surface area contributed by atoms with E-state index >= 15 is 0 Å². The maximum atomic E-state index is 10.8. The molecule has 0 saturated carbocycles. The monoisotopic (exact) mass is 316 g/mol. The predicted octanol–water partition coefficient (Wildman–Crippen LogP) is 6.08. The quantitative estimate of drug-likeness (QED) is 0.178. The Morgan fingerprint density at radius 3 is 1.87 bits per heavy atom. The first-order valence-electron chi connectivity index (χ1n) is 8.72. The Morgan fingerprint density at radius 1 is 0.739 bits per heavy atom. The fraction of sp³-hybridized carbons (Fsp3) is 0.476. The summed E-state index contributed by atoms with van der Waals surface area (Å²) in [6.07, 6.45) is 29.6. The molecule has 0 bridgehead atoms. The summed E-state index contributed by atoms with van der Waals surface area (Å²) in [4.78, 5) is 10.8. The second-order valence-corrected chi connectivity index (χ2v) is 5.38. The Labute approximate surface area is 142 Å². The van der Waals surface area contributed by atoms with Crippen LogP contribution in [0.2, 0.25) is 0 Å². The number of hydrogen-bond acceptors (Lipinski definition) is 2. The Morgan fingerprint density at radius 2 is 1.26 bits per heavy atom. The molecule has 0 amide bonds. The van der Waals surface area contributed by atoms with Crippen molar-refractivity contribution in [2.24, 2.45) is 0 Å². The van der Waals surface area contributed by atoms with Crippen molar-refractivity contribution in [1.29, 1.82) is 0 Å². The van der Waals surface area contributed by atoms with Crippen molar-refractivity contribution in [2.45, 2.75) is 58.3 Å². The van der Waals surface area contributed by atoms with Gasteiger partial charge in [-0.1, -0.05) is 100 Å². The first-order valence-corrected chi connectivity index (χ1v) is 8.72. The van der Waals surface area contributed by atoms with Gasteiger partial charge in [0.05, 0.1) is 7.11 Å². The van der Waals surface area contributed by atoms with Crippen LogP contribution >= 0.6 is 0 Å². The first kappa shape index (κ1) is 21.2. The van der Waals surface area contributed by atoms with Crippen molar-refractivity contribution in [3.63, 3.8) is 0 Å². The van der Waals surface area contributed by atoms with E-state index in [-0.39, 0.29) is 5.97 Å². The molecule has 0 aliphatic rings. The third-order valence-electron chi connectivity index (χ3n) is 3.32. The molecule has 0 radical (unpaired) electrons. The number of methoxy groups -OCH3 is 1. The van der Waals surface area contributed by atoms with Gasteiger partial charge >= 0.3 is 5.97 Å². The zero-order valence-corrected chi connectivity index (χ0v) is 14.7. The van der Waals surface area contributed by atoms with E-state index in [1.807, 2.05) is 30.4 Å². The molecule has 0 aromatic carbocycles. The normalized spacial score (nSPS) is 12.6. The lowest BCUT2D eigenvalue weighted by atomic mass is 10.1. The van der Waals surface area contributed by atoms with Gasteiger partial charge in [-0.25, -0.2) is 4.79 Å². The maximum Gasteiger partial charge on any atom is 0.330 e. The van der Waals surface area contributed by atoms with Gasteiger partial charge in [0.1, 0.15) is 0 Å². The summed E-state index contributed by atoms with van der Waals surface area (Å²) < 4.78 is 4.48. The highest BCUT2D eigenvalue weighted by Crippen LogP contribution is 2.08. The van der Waals surface area contributed by atoms with Gasteiger partial charge in [0.15, 0.2) is 0 Å². The zero-order chi connectivity index (χ0) is 17.0. The molecule has 0 fully saturated rings. The van der Waals surface area contributed by atoms with E-state index in [0.717, 1.165) is 0 Å². The van der Waals surface area contributed by atoms with Crippen molar-refractivity contribution >= 4 is 5.97 Å². The molecule has 0 unspecified atom stereocenters. The van der Waals surface area contributed by atoms with Gasteiger partial charge in [-0.2, -0.15) is 0 Å². The summed E-state index contributed by atoms with van der Waals surface area (Å²) in [7, 11) is 1.36. The highest BCUT2D eigenvalue weighted by Gasteiger charge is 1.88. The van der Waals surface area contributed by atoms with E-state index < -0.39 is 0 Å². The predicted molar refractivity (Wildman–Crippen MR) is 100 cm³/mol. The number of carbonyl (C=O) groups excluding carboxylic acids is 1. The van der Waals surface area contributed by atoms with Gasteiger partial charge in [0.25, 0.3) is 0 Å². The van der Waals surface area contributed by atoms with Crippen LogP contribution in [-0.2, 0) is 9.53 Å². The molecule has 0 aliphatic carbocycles. The molecule has 0 aromatic heterocycles. The summed E-state index contributed by atoms with van der Waals surface area (Å²) in [5, 5.41) is 0. The van der Waals surface area contributed by atoms with Crippen LogP contribution < -0.4 is 0 Å². The molecular weight excluding hydrogens is 284 g/mol. The van der Waals surface area contributed by atoms with Crippen molar-refractivity contribution in [3.05, 3.63) is 60.8 Å². The Hall–Kier alpha value is -1.83. The lowest BCUT2D eigenvalue weighted by Crippen LogP contribution is -1.92. The van der Waals surface area contributed by atoms with Crippen LogP contribution in [0.3, 0.4) is 0 Å². The molecule has 0 atom stereocenters. The molecule has 0 saturated heterocycles. The highest BCUT2D eigenvalue weighted by molar-refractivity contribution is 5.82. The summed E-state index contributed by atoms with van der Waals surface area (Å²) >= 11 is 0. The average molecular weight is 316 g/mol. The van der Waals surface area contributed by atoms with Gasteiger partial charge in [0, 0.05) is 6.08 Å². The van der Waals surface area contributed by atoms with E-state index in [1.54, 1.807) is 12.2 Å². The molecule has 0 heterocycles. The van der Waals surface area contributed by atoms with E-state index in [2.05, 4.69) is 23.8 Å². The van der Waals surface area contributed by atoms with Crippen LogP contribution in [0.1, 0.15) is 58.3 Å². The van der Waals surface area contributed by atoms with E-state index in [4.69, 9.17) is 0 Å².